The summed E-state index contributed by atoms with van der Waals surface area (Å²) >= 11 is 0. The molecule has 0 radical (unpaired) electrons. The van der Waals surface area contributed by atoms with Crippen LogP contribution in [0.3, 0.4) is 0 Å². The molecule has 274 valence electrons. The molecule has 16 heteroatoms. The molecule has 5 heterocycles. The minimum absolute atomic E-state index is 0.113. The minimum Gasteiger partial charge on any atom is -0.336 e. The van der Waals surface area contributed by atoms with Crippen LogP contribution in [0.1, 0.15) is 43.7 Å². The number of aryl methyl sites for hydroxylation is 4. The Morgan fingerprint density at radius 3 is 1.89 bits per heavy atom. The van der Waals surface area contributed by atoms with E-state index >= 15 is 0 Å². The Hall–Kier alpha value is -5.26. The van der Waals surface area contributed by atoms with Crippen molar-refractivity contribution in [2.45, 2.75) is 39.0 Å². The number of hydrogen-bond donors (Lipinski definition) is 2. The van der Waals surface area contributed by atoms with Gasteiger partial charge in [0.1, 0.15) is 6.33 Å². The SMILES string of the molecule is Cc1cc2ncn3ccc(C(=O)N4CCN(S(N)(=O)=O)CC4)c3c2cc1C.Cc1cc2ncn3ncc(Cc4ccc(S(N)(=O)=O)cc4)c3c2cc1C. The van der Waals surface area contributed by atoms with Gasteiger partial charge in [0.15, 0.2) is 0 Å². The van der Waals surface area contributed by atoms with Gasteiger partial charge in [-0.05, 0) is 98.0 Å². The standard InChI is InChI=1S/C19H18N4O2S.C18H21N5O3S/c1-12-7-17-18(8-13(12)2)21-11-23-19(17)15(10-22-23)9-14-3-5-16(6-4-14)26(20,24)25;1-12-9-15-16(10-13(12)2)20-11-22-4-3-14(17(15)22)18(24)21-5-7-23(8-6-21)27(19,25)26/h3-8,10-11H,9H2,1-2H3,(H2,20,24,25);3-4,9-11H,5-8H2,1-2H3,(H2,19,25,26). The number of nitrogens with two attached hydrogens (primary N) is 2. The van der Waals surface area contributed by atoms with E-state index in [1.54, 1.807) is 40.3 Å². The Balaban J connectivity index is 0.000000164. The van der Waals surface area contributed by atoms with Crippen molar-refractivity contribution in [1.82, 2.24) is 33.2 Å². The Labute approximate surface area is 306 Å². The summed E-state index contributed by atoms with van der Waals surface area (Å²) in [7, 11) is -7.40. The molecule has 53 heavy (non-hydrogen) atoms. The van der Waals surface area contributed by atoms with Crippen LogP contribution in [0.2, 0.25) is 0 Å². The molecule has 1 aliphatic heterocycles. The van der Waals surface area contributed by atoms with E-state index in [0.717, 1.165) is 55.1 Å². The topological polar surface area (TPSA) is 191 Å². The molecule has 4 aromatic heterocycles. The number of carbonyl (C=O) groups is 1. The molecule has 1 aliphatic rings. The predicted octanol–water partition coefficient (Wildman–Crippen LogP) is 3.80. The van der Waals surface area contributed by atoms with Crippen LogP contribution in [0.5, 0.6) is 0 Å². The number of rotatable bonds is 5. The zero-order valence-corrected chi connectivity index (χ0v) is 31.3. The first kappa shape index (κ1) is 36.1. The molecule has 14 nitrogen and oxygen atoms in total. The van der Waals surface area contributed by atoms with E-state index in [1.807, 2.05) is 36.7 Å². The number of aromatic nitrogens is 5. The number of sulfonamides is 1. The third-order valence-electron chi connectivity index (χ3n) is 9.91. The maximum atomic E-state index is 13.1. The monoisotopic (exact) mass is 753 g/mol. The number of carbonyl (C=O) groups excluding carboxylic acids is 1. The molecule has 1 saturated heterocycles. The van der Waals surface area contributed by atoms with Crippen molar-refractivity contribution in [2.24, 2.45) is 10.3 Å². The van der Waals surface area contributed by atoms with Crippen LogP contribution in [0.25, 0.3) is 32.8 Å². The predicted molar refractivity (Wildman–Crippen MR) is 203 cm³/mol. The van der Waals surface area contributed by atoms with Crippen molar-refractivity contribution >= 4 is 59.0 Å². The highest BCUT2D eigenvalue weighted by Gasteiger charge is 2.28. The van der Waals surface area contributed by atoms with Gasteiger partial charge in [0, 0.05) is 55.1 Å². The molecule has 0 bridgehead atoms. The van der Waals surface area contributed by atoms with Gasteiger partial charge >= 0.3 is 0 Å². The van der Waals surface area contributed by atoms with E-state index in [9.17, 15) is 21.6 Å². The molecule has 0 aliphatic carbocycles. The van der Waals surface area contributed by atoms with Gasteiger partial charge in [-0.1, -0.05) is 12.1 Å². The van der Waals surface area contributed by atoms with Gasteiger partial charge in [-0.2, -0.15) is 17.8 Å². The summed E-state index contributed by atoms with van der Waals surface area (Å²) in [5.74, 6) is -0.114. The Morgan fingerprint density at radius 1 is 0.736 bits per heavy atom. The Morgan fingerprint density at radius 2 is 1.30 bits per heavy atom. The van der Waals surface area contributed by atoms with Crippen LogP contribution < -0.4 is 10.3 Å². The second-order valence-electron chi connectivity index (χ2n) is 13.4. The third-order valence-corrected chi connectivity index (χ3v) is 11.9. The quantitative estimate of drug-likeness (QED) is 0.265. The van der Waals surface area contributed by atoms with Crippen molar-refractivity contribution in [3.05, 3.63) is 119 Å². The molecular formula is C37H39N9O5S2. The van der Waals surface area contributed by atoms with Gasteiger partial charge in [0.05, 0.1) is 45.0 Å². The highest BCUT2D eigenvalue weighted by molar-refractivity contribution is 7.89. The molecule has 1 amide bonds. The second-order valence-corrected chi connectivity index (χ2v) is 16.6. The average molecular weight is 754 g/mol. The first-order valence-corrected chi connectivity index (χ1v) is 19.9. The minimum atomic E-state index is -3.72. The lowest BCUT2D eigenvalue weighted by molar-refractivity contribution is 0.0700. The first-order valence-electron chi connectivity index (χ1n) is 16.9. The van der Waals surface area contributed by atoms with E-state index in [1.165, 1.54) is 27.6 Å². The molecule has 8 rings (SSSR count). The molecule has 0 saturated carbocycles. The van der Waals surface area contributed by atoms with Gasteiger partial charge in [0.2, 0.25) is 10.0 Å². The summed E-state index contributed by atoms with van der Waals surface area (Å²) in [6.07, 6.45) is 7.73. The maximum absolute atomic E-state index is 13.1. The molecule has 4 N–H and O–H groups in total. The fourth-order valence-electron chi connectivity index (χ4n) is 6.68. The van der Waals surface area contributed by atoms with Crippen LogP contribution in [0.4, 0.5) is 0 Å². The number of primary sulfonamides is 1. The number of hydrogen-bond acceptors (Lipinski definition) is 8. The molecular weight excluding hydrogens is 715 g/mol. The molecule has 3 aromatic carbocycles. The van der Waals surface area contributed by atoms with E-state index in [4.69, 9.17) is 10.3 Å². The van der Waals surface area contributed by atoms with Crippen molar-refractivity contribution in [2.75, 3.05) is 26.2 Å². The molecule has 1 fully saturated rings. The molecule has 0 atom stereocenters. The highest BCUT2D eigenvalue weighted by atomic mass is 32.2. The molecule has 7 aromatic rings. The van der Waals surface area contributed by atoms with E-state index in [2.05, 4.69) is 47.1 Å². The maximum Gasteiger partial charge on any atom is 0.277 e. The number of benzene rings is 3. The average Bonchev–Trinajstić information content (AvgIpc) is 3.74. The van der Waals surface area contributed by atoms with E-state index in [0.29, 0.717) is 25.1 Å². The van der Waals surface area contributed by atoms with Crippen molar-refractivity contribution in [1.29, 1.82) is 0 Å². The van der Waals surface area contributed by atoms with Crippen LogP contribution >= 0.6 is 0 Å². The summed E-state index contributed by atoms with van der Waals surface area (Å²) in [5.41, 5.74) is 11.0. The van der Waals surface area contributed by atoms with Crippen molar-refractivity contribution in [3.63, 3.8) is 0 Å². The van der Waals surface area contributed by atoms with Gasteiger partial charge in [-0.15, -0.1) is 0 Å². The van der Waals surface area contributed by atoms with E-state index < -0.39 is 20.2 Å². The zero-order valence-electron chi connectivity index (χ0n) is 29.7. The summed E-state index contributed by atoms with van der Waals surface area (Å²) in [4.78, 5) is 23.9. The van der Waals surface area contributed by atoms with Crippen LogP contribution in [0.15, 0.2) is 84.5 Å². The van der Waals surface area contributed by atoms with Gasteiger partial charge in [-0.3, -0.25) is 4.79 Å². The Kier molecular flexibility index (Phi) is 9.28. The molecule has 0 spiro atoms. The van der Waals surface area contributed by atoms with Crippen LogP contribution in [-0.4, -0.2) is 82.1 Å². The lowest BCUT2D eigenvalue weighted by atomic mass is 10.0. The third kappa shape index (κ3) is 7.11. The number of amides is 1. The fraction of sp³-hybridized carbons (Fsp3) is 0.243. The highest BCUT2D eigenvalue weighted by Crippen LogP contribution is 2.28. The summed E-state index contributed by atoms with van der Waals surface area (Å²) in [6, 6.07) is 16.7. The summed E-state index contributed by atoms with van der Waals surface area (Å²) in [5, 5.41) is 16.7. The lowest BCUT2D eigenvalue weighted by Gasteiger charge is -2.32. The van der Waals surface area contributed by atoms with Crippen molar-refractivity contribution < 1.29 is 21.6 Å². The smallest absolute Gasteiger partial charge is 0.277 e. The summed E-state index contributed by atoms with van der Waals surface area (Å²) in [6.45, 7) is 9.27. The van der Waals surface area contributed by atoms with Crippen molar-refractivity contribution in [3.8, 4) is 0 Å². The number of nitrogens with zero attached hydrogens (tertiary/aromatic N) is 7. The van der Waals surface area contributed by atoms with Crippen LogP contribution in [0, 0.1) is 27.7 Å². The van der Waals surface area contributed by atoms with Gasteiger partial charge < -0.3 is 9.30 Å². The molecule has 0 unspecified atom stereocenters. The Bertz CT molecular complexity index is 2790. The normalized spacial score (nSPS) is 14.3. The second kappa shape index (κ2) is 13.6. The van der Waals surface area contributed by atoms with E-state index in [-0.39, 0.29) is 23.9 Å². The fourth-order valence-corrected chi connectivity index (χ4v) is 7.87. The first-order chi connectivity index (χ1) is 25.1. The largest absolute Gasteiger partial charge is 0.336 e. The lowest BCUT2D eigenvalue weighted by Crippen LogP contribution is -2.52. The summed E-state index contributed by atoms with van der Waals surface area (Å²) < 4.78 is 50.6. The number of piperazine rings is 1. The van der Waals surface area contributed by atoms with Crippen LogP contribution in [-0.2, 0) is 26.7 Å². The zero-order chi connectivity index (χ0) is 37.8. The number of fused-ring (bicyclic) bond motifs is 6. The van der Waals surface area contributed by atoms with Gasteiger partial charge in [0.25, 0.3) is 16.1 Å². The van der Waals surface area contributed by atoms with Gasteiger partial charge in [-0.25, -0.2) is 33.2 Å².